The highest BCUT2D eigenvalue weighted by Gasteiger charge is 2.33. The van der Waals surface area contributed by atoms with Gasteiger partial charge in [0.2, 0.25) is 5.91 Å². The molecule has 1 aliphatic heterocycles. The van der Waals surface area contributed by atoms with Gasteiger partial charge in [-0.25, -0.2) is 0 Å². The molecule has 118 valence electrons. The van der Waals surface area contributed by atoms with Crippen LogP contribution in [0, 0.1) is 12.8 Å². The maximum atomic E-state index is 12.5. The van der Waals surface area contributed by atoms with E-state index in [1.807, 2.05) is 19.1 Å². The molecular weight excluding hydrogens is 280 g/mol. The molecule has 0 radical (unpaired) electrons. The third kappa shape index (κ3) is 3.47. The average Bonchev–Trinajstić information content (AvgIpc) is 3.30. The molecule has 0 spiro atoms. The summed E-state index contributed by atoms with van der Waals surface area (Å²) in [5.74, 6) is 0.320. The molecule has 2 fully saturated rings. The first-order valence-electron chi connectivity index (χ1n) is 7.84. The highest BCUT2D eigenvalue weighted by atomic mass is 16.3. The highest BCUT2D eigenvalue weighted by Crippen LogP contribution is 2.30. The van der Waals surface area contributed by atoms with Crippen LogP contribution in [0.15, 0.2) is 24.3 Å². The van der Waals surface area contributed by atoms with E-state index in [0.29, 0.717) is 24.6 Å². The largest absolute Gasteiger partial charge is 0.389 e. The zero-order chi connectivity index (χ0) is 15.7. The summed E-state index contributed by atoms with van der Waals surface area (Å²) in [4.78, 5) is 28.1. The molecule has 1 atom stereocenters. The highest BCUT2D eigenvalue weighted by molar-refractivity contribution is 5.96. The number of β-amino-alcohol motifs (C(OH)–C–C–N with tert-alkyl or cyclic N) is 1. The van der Waals surface area contributed by atoms with E-state index in [0.717, 1.165) is 18.4 Å². The van der Waals surface area contributed by atoms with Gasteiger partial charge in [-0.2, -0.15) is 0 Å². The Morgan fingerprint density at radius 2 is 1.91 bits per heavy atom. The van der Waals surface area contributed by atoms with E-state index >= 15 is 0 Å². The van der Waals surface area contributed by atoms with E-state index in [4.69, 9.17) is 0 Å². The topological polar surface area (TPSA) is 60.9 Å². The molecule has 2 amide bonds. The second-order valence-corrected chi connectivity index (χ2v) is 6.45. The summed E-state index contributed by atoms with van der Waals surface area (Å²) >= 11 is 0. The van der Waals surface area contributed by atoms with E-state index in [-0.39, 0.29) is 24.9 Å². The third-order valence-electron chi connectivity index (χ3n) is 4.30. The van der Waals surface area contributed by atoms with Gasteiger partial charge < -0.3 is 14.9 Å². The third-order valence-corrected chi connectivity index (χ3v) is 4.30. The molecule has 5 nitrogen and oxygen atoms in total. The van der Waals surface area contributed by atoms with Gasteiger partial charge in [-0.1, -0.05) is 17.7 Å². The molecule has 5 heteroatoms. The van der Waals surface area contributed by atoms with Crippen molar-refractivity contribution in [1.29, 1.82) is 0 Å². The van der Waals surface area contributed by atoms with Gasteiger partial charge in [0.25, 0.3) is 5.91 Å². The quantitative estimate of drug-likeness (QED) is 0.908. The first kappa shape index (κ1) is 15.0. The molecule has 3 rings (SSSR count). The summed E-state index contributed by atoms with van der Waals surface area (Å²) in [5, 5.41) is 10.1. The maximum Gasteiger partial charge on any atom is 0.254 e. The lowest BCUT2D eigenvalue weighted by Crippen LogP contribution is -2.40. The second-order valence-electron chi connectivity index (χ2n) is 6.45. The Labute approximate surface area is 130 Å². The van der Waals surface area contributed by atoms with Gasteiger partial charge >= 0.3 is 0 Å². The van der Waals surface area contributed by atoms with Crippen LogP contribution in [0.2, 0.25) is 0 Å². The molecule has 1 aromatic carbocycles. The minimum atomic E-state index is -0.681. The summed E-state index contributed by atoms with van der Waals surface area (Å²) in [6, 6.07) is 7.29. The minimum absolute atomic E-state index is 0.0521. The summed E-state index contributed by atoms with van der Waals surface area (Å²) < 4.78 is 0. The van der Waals surface area contributed by atoms with Crippen molar-refractivity contribution in [3.63, 3.8) is 0 Å². The fourth-order valence-corrected chi connectivity index (χ4v) is 2.82. The van der Waals surface area contributed by atoms with Crippen LogP contribution in [0.25, 0.3) is 0 Å². The SMILES string of the molecule is Cc1ccc(C(=O)N2CC(=O)N(CC3CC3)CC(O)C2)cc1. The number of rotatable bonds is 3. The van der Waals surface area contributed by atoms with Crippen molar-refractivity contribution >= 4 is 11.8 Å². The number of nitrogens with zero attached hydrogens (tertiary/aromatic N) is 2. The molecule has 1 saturated carbocycles. The predicted octanol–water partition coefficient (Wildman–Crippen LogP) is 1.05. The Kier molecular flexibility index (Phi) is 4.16. The lowest BCUT2D eigenvalue weighted by atomic mass is 10.1. The van der Waals surface area contributed by atoms with Crippen LogP contribution in [-0.2, 0) is 4.79 Å². The van der Waals surface area contributed by atoms with Gasteiger partial charge in [0.15, 0.2) is 0 Å². The van der Waals surface area contributed by atoms with Crippen LogP contribution >= 0.6 is 0 Å². The van der Waals surface area contributed by atoms with Crippen LogP contribution in [0.4, 0.5) is 0 Å². The summed E-state index contributed by atoms with van der Waals surface area (Å²) in [7, 11) is 0. The molecule has 1 saturated heterocycles. The fraction of sp³-hybridized carbons (Fsp3) is 0.529. The van der Waals surface area contributed by atoms with Gasteiger partial charge in [0.1, 0.15) is 6.54 Å². The standard InChI is InChI=1S/C17H22N2O3/c1-12-2-6-14(7-3-12)17(22)19-10-15(20)9-18(16(21)11-19)8-13-4-5-13/h2-3,6-7,13,15,20H,4-5,8-11H2,1H3. The van der Waals surface area contributed by atoms with Crippen LogP contribution in [0.1, 0.15) is 28.8 Å². The van der Waals surface area contributed by atoms with Crippen LogP contribution in [-0.4, -0.2) is 59.0 Å². The van der Waals surface area contributed by atoms with Crippen molar-refractivity contribution in [2.24, 2.45) is 5.92 Å². The van der Waals surface area contributed by atoms with Gasteiger partial charge in [-0.15, -0.1) is 0 Å². The van der Waals surface area contributed by atoms with Crippen molar-refractivity contribution in [2.45, 2.75) is 25.9 Å². The van der Waals surface area contributed by atoms with Crippen LogP contribution in [0.3, 0.4) is 0 Å². The van der Waals surface area contributed by atoms with E-state index in [9.17, 15) is 14.7 Å². The molecular formula is C17H22N2O3. The number of hydrogen-bond acceptors (Lipinski definition) is 3. The Balaban J connectivity index is 1.71. The Morgan fingerprint density at radius 1 is 1.23 bits per heavy atom. The Bertz CT molecular complexity index is 566. The monoisotopic (exact) mass is 302 g/mol. The molecule has 22 heavy (non-hydrogen) atoms. The Morgan fingerprint density at radius 3 is 2.55 bits per heavy atom. The molecule has 0 bridgehead atoms. The van der Waals surface area contributed by atoms with E-state index in [1.54, 1.807) is 17.0 Å². The molecule has 1 heterocycles. The van der Waals surface area contributed by atoms with Crippen molar-refractivity contribution in [3.8, 4) is 0 Å². The van der Waals surface area contributed by atoms with Crippen molar-refractivity contribution in [2.75, 3.05) is 26.2 Å². The van der Waals surface area contributed by atoms with Crippen molar-refractivity contribution in [3.05, 3.63) is 35.4 Å². The minimum Gasteiger partial charge on any atom is -0.389 e. The lowest BCUT2D eigenvalue weighted by Gasteiger charge is -2.21. The molecule has 1 N–H and O–H groups in total. The number of aryl methyl sites for hydroxylation is 1. The molecule has 0 aromatic heterocycles. The van der Waals surface area contributed by atoms with Gasteiger partial charge in [-0.3, -0.25) is 9.59 Å². The molecule has 1 unspecified atom stereocenters. The van der Waals surface area contributed by atoms with Crippen LogP contribution < -0.4 is 0 Å². The van der Waals surface area contributed by atoms with E-state index < -0.39 is 6.10 Å². The summed E-state index contributed by atoms with van der Waals surface area (Å²) in [6.45, 7) is 3.26. The summed E-state index contributed by atoms with van der Waals surface area (Å²) in [5.41, 5.74) is 1.64. The number of amides is 2. The fourth-order valence-electron chi connectivity index (χ4n) is 2.82. The number of carbonyl (C=O) groups excluding carboxylic acids is 2. The first-order chi connectivity index (χ1) is 10.5. The number of aliphatic hydroxyl groups is 1. The maximum absolute atomic E-state index is 12.5. The molecule has 2 aliphatic rings. The van der Waals surface area contributed by atoms with Gasteiger partial charge in [0.05, 0.1) is 6.10 Å². The normalized spacial score (nSPS) is 22.6. The number of carbonyl (C=O) groups is 2. The van der Waals surface area contributed by atoms with E-state index in [1.165, 1.54) is 4.90 Å². The van der Waals surface area contributed by atoms with Gasteiger partial charge in [-0.05, 0) is 37.8 Å². The smallest absolute Gasteiger partial charge is 0.254 e. The van der Waals surface area contributed by atoms with Gasteiger partial charge in [0, 0.05) is 25.2 Å². The summed E-state index contributed by atoms with van der Waals surface area (Å²) in [6.07, 6.45) is 1.64. The van der Waals surface area contributed by atoms with Crippen molar-refractivity contribution in [1.82, 2.24) is 9.80 Å². The first-order valence-corrected chi connectivity index (χ1v) is 7.84. The second kappa shape index (κ2) is 6.08. The zero-order valence-corrected chi connectivity index (χ0v) is 12.9. The molecule has 1 aliphatic carbocycles. The number of benzene rings is 1. The zero-order valence-electron chi connectivity index (χ0n) is 12.9. The van der Waals surface area contributed by atoms with E-state index in [2.05, 4.69) is 0 Å². The predicted molar refractivity (Wildman–Crippen MR) is 82.4 cm³/mol. The average molecular weight is 302 g/mol. The number of hydrogen-bond donors (Lipinski definition) is 1. The lowest BCUT2D eigenvalue weighted by molar-refractivity contribution is -0.131. The Hall–Kier alpha value is -1.88. The van der Waals surface area contributed by atoms with Crippen molar-refractivity contribution < 1.29 is 14.7 Å². The number of aliphatic hydroxyl groups excluding tert-OH is 1. The molecule has 1 aromatic rings. The van der Waals surface area contributed by atoms with Crippen LogP contribution in [0.5, 0.6) is 0 Å².